The van der Waals surface area contributed by atoms with Crippen molar-refractivity contribution >= 4 is 34.1 Å². The number of amides is 1. The predicted octanol–water partition coefficient (Wildman–Crippen LogP) is 3.53. The van der Waals surface area contributed by atoms with Crippen LogP contribution in [0.2, 0.25) is 0 Å². The highest BCUT2D eigenvalue weighted by atomic mass is 32.2. The van der Waals surface area contributed by atoms with E-state index in [-0.39, 0.29) is 11.7 Å². The normalized spacial score (nSPS) is 10.7. The number of carbonyl (C=O) groups is 1. The molecule has 4 rings (SSSR count). The van der Waals surface area contributed by atoms with Crippen molar-refractivity contribution in [1.29, 1.82) is 0 Å². The van der Waals surface area contributed by atoms with Gasteiger partial charge in [-0.15, -0.1) is 16.4 Å². The van der Waals surface area contributed by atoms with Gasteiger partial charge in [-0.05, 0) is 22.6 Å². The number of hydrogen-bond acceptors (Lipinski definition) is 8. The first-order valence-electron chi connectivity index (χ1n) is 8.60. The summed E-state index contributed by atoms with van der Waals surface area (Å²) in [6.45, 7) is 0. The lowest BCUT2D eigenvalue weighted by molar-refractivity contribution is -0.113. The van der Waals surface area contributed by atoms with Gasteiger partial charge in [0.1, 0.15) is 11.4 Å². The molecule has 4 aromatic rings. The van der Waals surface area contributed by atoms with Crippen LogP contribution >= 0.6 is 23.1 Å². The number of thioether (sulfide) groups is 1. The second kappa shape index (κ2) is 8.84. The monoisotopic (exact) mass is 424 g/mol. The van der Waals surface area contributed by atoms with Crippen LogP contribution in [0.4, 0.5) is 5.13 Å². The second-order valence-electron chi connectivity index (χ2n) is 5.79. The number of thiazole rings is 1. The fourth-order valence-electron chi connectivity index (χ4n) is 2.58. The van der Waals surface area contributed by atoms with E-state index in [9.17, 15) is 4.79 Å². The quantitative estimate of drug-likeness (QED) is 0.454. The highest BCUT2D eigenvalue weighted by Gasteiger charge is 2.15. The number of anilines is 1. The van der Waals surface area contributed by atoms with Gasteiger partial charge in [0.15, 0.2) is 5.13 Å². The van der Waals surface area contributed by atoms with Crippen molar-refractivity contribution in [2.24, 2.45) is 0 Å². The molecule has 0 aliphatic carbocycles. The first kappa shape index (κ1) is 19.1. The highest BCUT2D eigenvalue weighted by Crippen LogP contribution is 2.27. The molecule has 10 heteroatoms. The lowest BCUT2D eigenvalue weighted by atomic mass is 10.2. The van der Waals surface area contributed by atoms with Crippen LogP contribution in [0.25, 0.3) is 16.9 Å². The Labute approximate surface area is 174 Å². The summed E-state index contributed by atoms with van der Waals surface area (Å²) < 4.78 is 6.90. The average Bonchev–Trinajstić information content (AvgIpc) is 3.42. The molecule has 0 aliphatic rings. The molecule has 8 nitrogen and oxygen atoms in total. The van der Waals surface area contributed by atoms with E-state index in [1.165, 1.54) is 23.1 Å². The summed E-state index contributed by atoms with van der Waals surface area (Å²) in [7, 11) is 1.58. The molecule has 29 heavy (non-hydrogen) atoms. The molecule has 146 valence electrons. The molecule has 0 fully saturated rings. The number of methoxy groups -OCH3 is 1. The summed E-state index contributed by atoms with van der Waals surface area (Å²) in [6.07, 6.45) is 0. The van der Waals surface area contributed by atoms with E-state index in [0.29, 0.717) is 21.7 Å². The number of ether oxygens (including phenoxy) is 1. The topological polar surface area (TPSA) is 94.8 Å². The summed E-state index contributed by atoms with van der Waals surface area (Å²) in [5.41, 5.74) is 2.55. The largest absolute Gasteiger partial charge is 0.494 e. The van der Waals surface area contributed by atoms with Crippen molar-refractivity contribution in [1.82, 2.24) is 25.2 Å². The van der Waals surface area contributed by atoms with Gasteiger partial charge < -0.3 is 10.1 Å². The zero-order valence-corrected chi connectivity index (χ0v) is 17.0. The van der Waals surface area contributed by atoms with Crippen LogP contribution in [0, 0.1) is 0 Å². The molecule has 0 spiro atoms. The Morgan fingerprint density at radius 3 is 2.79 bits per heavy atom. The van der Waals surface area contributed by atoms with Crippen molar-refractivity contribution < 1.29 is 9.53 Å². The minimum atomic E-state index is -0.182. The molecule has 0 radical (unpaired) electrons. The van der Waals surface area contributed by atoms with Crippen molar-refractivity contribution in [3.63, 3.8) is 0 Å². The van der Waals surface area contributed by atoms with Gasteiger partial charge in [-0.1, -0.05) is 54.2 Å². The van der Waals surface area contributed by atoms with Crippen LogP contribution in [-0.4, -0.2) is 44.0 Å². The smallest absolute Gasteiger partial charge is 0.236 e. The number of hydrogen-bond donors (Lipinski definition) is 1. The van der Waals surface area contributed by atoms with Crippen molar-refractivity contribution in [2.75, 3.05) is 18.2 Å². The second-order valence-corrected chi connectivity index (χ2v) is 7.59. The van der Waals surface area contributed by atoms with Crippen LogP contribution in [0.3, 0.4) is 0 Å². The average molecular weight is 425 g/mol. The van der Waals surface area contributed by atoms with Gasteiger partial charge in [0.05, 0.1) is 18.6 Å². The van der Waals surface area contributed by atoms with Gasteiger partial charge in [0.25, 0.3) is 0 Å². The van der Waals surface area contributed by atoms with E-state index >= 15 is 0 Å². The van der Waals surface area contributed by atoms with Gasteiger partial charge in [0, 0.05) is 10.9 Å². The molecule has 0 aliphatic heterocycles. The van der Waals surface area contributed by atoms with E-state index in [4.69, 9.17) is 4.74 Å². The van der Waals surface area contributed by atoms with Crippen LogP contribution in [0.15, 0.2) is 65.1 Å². The van der Waals surface area contributed by atoms with Crippen LogP contribution in [0.5, 0.6) is 5.75 Å². The maximum Gasteiger partial charge on any atom is 0.236 e. The molecule has 0 bridgehead atoms. The Balaban J connectivity index is 1.40. The Kier molecular flexibility index (Phi) is 5.82. The van der Waals surface area contributed by atoms with Crippen molar-refractivity contribution in [3.8, 4) is 22.7 Å². The van der Waals surface area contributed by atoms with E-state index in [2.05, 4.69) is 25.8 Å². The van der Waals surface area contributed by atoms with Crippen LogP contribution in [0.1, 0.15) is 0 Å². The minimum absolute atomic E-state index is 0.149. The number of rotatable bonds is 7. The van der Waals surface area contributed by atoms with Gasteiger partial charge in [-0.25, -0.2) is 4.98 Å². The minimum Gasteiger partial charge on any atom is -0.494 e. The van der Waals surface area contributed by atoms with Crippen LogP contribution < -0.4 is 10.1 Å². The molecule has 1 amide bonds. The highest BCUT2D eigenvalue weighted by molar-refractivity contribution is 7.99. The summed E-state index contributed by atoms with van der Waals surface area (Å²) in [4.78, 5) is 16.8. The molecule has 2 aromatic carbocycles. The van der Waals surface area contributed by atoms with Gasteiger partial charge in [0.2, 0.25) is 11.1 Å². The number of carbonyl (C=O) groups excluding carboxylic acids is 1. The maximum absolute atomic E-state index is 12.4. The van der Waals surface area contributed by atoms with E-state index in [1.54, 1.807) is 11.8 Å². The van der Waals surface area contributed by atoms with Gasteiger partial charge >= 0.3 is 0 Å². The van der Waals surface area contributed by atoms with Gasteiger partial charge in [-0.2, -0.15) is 4.68 Å². The Bertz CT molecular complexity index is 1110. The van der Waals surface area contributed by atoms with Crippen LogP contribution in [-0.2, 0) is 4.79 Å². The summed E-state index contributed by atoms with van der Waals surface area (Å²) in [6, 6.07) is 17.2. The molecular formula is C19H16N6O2S2. The SMILES string of the molecule is COc1ccccc1-n1nnnc1SCC(=O)Nc1nc(-c2ccccc2)cs1. The number of tetrazole rings is 1. The Morgan fingerprint density at radius 2 is 1.97 bits per heavy atom. The molecule has 0 saturated heterocycles. The number of para-hydroxylation sites is 2. The van der Waals surface area contributed by atoms with Gasteiger partial charge in [-0.3, -0.25) is 4.79 Å². The molecular weight excluding hydrogens is 408 g/mol. The molecule has 0 saturated carbocycles. The van der Waals surface area contributed by atoms with E-state index in [0.717, 1.165) is 11.3 Å². The third-order valence-corrected chi connectivity index (χ3v) is 5.58. The molecule has 0 atom stereocenters. The molecule has 2 aromatic heterocycles. The number of nitrogens with one attached hydrogen (secondary N) is 1. The zero-order chi connectivity index (χ0) is 20.1. The van der Waals surface area contributed by atoms with Crippen molar-refractivity contribution in [2.45, 2.75) is 5.16 Å². The summed E-state index contributed by atoms with van der Waals surface area (Å²) in [5.74, 6) is 0.608. The van der Waals surface area contributed by atoms with E-state index in [1.807, 2.05) is 60.0 Å². The zero-order valence-electron chi connectivity index (χ0n) is 15.3. The predicted molar refractivity (Wildman–Crippen MR) is 113 cm³/mol. The Hall–Kier alpha value is -3.24. The fraction of sp³-hybridized carbons (Fsp3) is 0.105. The lowest BCUT2D eigenvalue weighted by Gasteiger charge is -2.08. The molecule has 0 unspecified atom stereocenters. The summed E-state index contributed by atoms with van der Waals surface area (Å²) in [5, 5.41) is 17.5. The van der Waals surface area contributed by atoms with Crippen molar-refractivity contribution in [3.05, 3.63) is 60.0 Å². The first-order valence-corrected chi connectivity index (χ1v) is 10.5. The molecule has 2 heterocycles. The van der Waals surface area contributed by atoms with E-state index < -0.39 is 0 Å². The maximum atomic E-state index is 12.4. The number of benzene rings is 2. The summed E-state index contributed by atoms with van der Waals surface area (Å²) >= 11 is 2.62. The fourth-order valence-corrected chi connectivity index (χ4v) is 4.00. The Morgan fingerprint density at radius 1 is 1.17 bits per heavy atom. The number of aromatic nitrogens is 5. The lowest BCUT2D eigenvalue weighted by Crippen LogP contribution is -2.14. The third kappa shape index (κ3) is 4.44. The standard InChI is InChI=1S/C19H16N6O2S2/c1-27-16-10-6-5-9-15(16)25-19(22-23-24-25)29-12-17(26)21-18-20-14(11-28-18)13-7-3-2-4-8-13/h2-11H,12H2,1H3,(H,20,21,26). The number of nitrogens with zero attached hydrogens (tertiary/aromatic N) is 5. The third-order valence-electron chi connectivity index (χ3n) is 3.91. The molecule has 1 N–H and O–H groups in total. The first-order chi connectivity index (χ1) is 14.2.